The Labute approximate surface area is 131 Å². The summed E-state index contributed by atoms with van der Waals surface area (Å²) in [7, 11) is 0. The Kier molecular flexibility index (Phi) is 5.80. The lowest BCUT2D eigenvalue weighted by molar-refractivity contribution is -0.125. The van der Waals surface area contributed by atoms with Crippen molar-refractivity contribution in [2.24, 2.45) is 0 Å². The fraction of sp³-hybridized carbons (Fsp3) is 0.588. The van der Waals surface area contributed by atoms with Crippen LogP contribution in [-0.2, 0) is 9.53 Å². The van der Waals surface area contributed by atoms with Crippen molar-refractivity contribution < 1.29 is 19.4 Å². The van der Waals surface area contributed by atoms with Crippen molar-refractivity contribution >= 4 is 5.91 Å². The highest BCUT2D eigenvalue weighted by molar-refractivity contribution is 5.77. The van der Waals surface area contributed by atoms with E-state index in [4.69, 9.17) is 9.47 Å². The maximum Gasteiger partial charge on any atom is 0.258 e. The Morgan fingerprint density at radius 2 is 1.95 bits per heavy atom. The van der Waals surface area contributed by atoms with Crippen molar-refractivity contribution in [3.8, 4) is 5.75 Å². The summed E-state index contributed by atoms with van der Waals surface area (Å²) in [6.07, 6.45) is 1.09. The minimum absolute atomic E-state index is 0.0480. The molecule has 1 heterocycles. The third kappa shape index (κ3) is 5.00. The van der Waals surface area contributed by atoms with Gasteiger partial charge in [0.25, 0.3) is 5.91 Å². The Bertz CT molecular complexity index is 478. The number of hydrogen-bond acceptors (Lipinski definition) is 4. The normalized spacial score (nSPS) is 17.3. The Hall–Kier alpha value is -1.59. The van der Waals surface area contributed by atoms with Gasteiger partial charge in [0.05, 0.1) is 5.60 Å². The zero-order valence-corrected chi connectivity index (χ0v) is 13.3. The molecule has 0 bridgehead atoms. The lowest BCUT2D eigenvalue weighted by Gasteiger charge is -2.32. The van der Waals surface area contributed by atoms with E-state index in [1.54, 1.807) is 0 Å². The van der Waals surface area contributed by atoms with Crippen molar-refractivity contribution in [3.05, 3.63) is 29.8 Å². The van der Waals surface area contributed by atoms with E-state index in [9.17, 15) is 9.90 Å². The monoisotopic (exact) mass is 307 g/mol. The second-order valence-corrected chi connectivity index (χ2v) is 6.13. The van der Waals surface area contributed by atoms with E-state index in [-0.39, 0.29) is 19.1 Å². The predicted octanol–water partition coefficient (Wildman–Crippen LogP) is 1.85. The van der Waals surface area contributed by atoms with Crippen LogP contribution in [0.2, 0.25) is 0 Å². The van der Waals surface area contributed by atoms with Gasteiger partial charge in [-0.1, -0.05) is 26.0 Å². The quantitative estimate of drug-likeness (QED) is 0.841. The summed E-state index contributed by atoms with van der Waals surface area (Å²) in [4.78, 5) is 11.8. The molecule has 1 amide bonds. The molecule has 22 heavy (non-hydrogen) atoms. The van der Waals surface area contributed by atoms with E-state index >= 15 is 0 Å². The van der Waals surface area contributed by atoms with Crippen LogP contribution in [0.25, 0.3) is 0 Å². The maximum atomic E-state index is 11.8. The van der Waals surface area contributed by atoms with Gasteiger partial charge in [-0.2, -0.15) is 0 Å². The van der Waals surface area contributed by atoms with Gasteiger partial charge in [-0.15, -0.1) is 0 Å². The number of aliphatic hydroxyl groups is 1. The SMILES string of the molecule is CC(C)c1ccc(OCC(=O)NCC2(O)CCOCC2)cc1. The third-order valence-corrected chi connectivity index (χ3v) is 3.95. The Morgan fingerprint density at radius 1 is 1.32 bits per heavy atom. The standard InChI is InChI=1S/C17H25NO4/c1-13(2)14-3-5-15(6-4-14)22-11-16(19)18-12-17(20)7-9-21-10-8-17/h3-6,13,20H,7-12H2,1-2H3,(H,18,19). The Balaban J connectivity index is 1.73. The molecule has 122 valence electrons. The fourth-order valence-corrected chi connectivity index (χ4v) is 2.34. The molecule has 1 fully saturated rings. The highest BCUT2D eigenvalue weighted by Crippen LogP contribution is 2.20. The first-order valence-corrected chi connectivity index (χ1v) is 7.78. The van der Waals surface area contributed by atoms with Gasteiger partial charge in [0, 0.05) is 32.6 Å². The number of ether oxygens (including phenoxy) is 2. The van der Waals surface area contributed by atoms with Crippen molar-refractivity contribution in [2.45, 2.75) is 38.2 Å². The lowest BCUT2D eigenvalue weighted by Crippen LogP contribution is -2.47. The topological polar surface area (TPSA) is 67.8 Å². The summed E-state index contributed by atoms with van der Waals surface area (Å²) in [6.45, 7) is 5.52. The van der Waals surface area contributed by atoms with Crippen LogP contribution in [0.3, 0.4) is 0 Å². The fourth-order valence-electron chi connectivity index (χ4n) is 2.34. The van der Waals surface area contributed by atoms with Crippen LogP contribution in [0, 0.1) is 0 Å². The van der Waals surface area contributed by atoms with Gasteiger partial charge < -0.3 is 19.9 Å². The maximum absolute atomic E-state index is 11.8. The number of carbonyl (C=O) groups is 1. The molecule has 1 saturated heterocycles. The molecule has 5 nitrogen and oxygen atoms in total. The van der Waals surface area contributed by atoms with Crippen LogP contribution in [0.1, 0.15) is 38.2 Å². The first-order valence-electron chi connectivity index (χ1n) is 7.78. The molecule has 0 atom stereocenters. The minimum Gasteiger partial charge on any atom is -0.484 e. The van der Waals surface area contributed by atoms with Crippen molar-refractivity contribution in [1.82, 2.24) is 5.32 Å². The molecule has 1 aliphatic heterocycles. The van der Waals surface area contributed by atoms with E-state index < -0.39 is 5.60 Å². The van der Waals surface area contributed by atoms with Crippen LogP contribution in [0.5, 0.6) is 5.75 Å². The smallest absolute Gasteiger partial charge is 0.258 e. The average Bonchev–Trinajstić information content (AvgIpc) is 2.52. The Morgan fingerprint density at radius 3 is 2.55 bits per heavy atom. The van der Waals surface area contributed by atoms with Gasteiger partial charge in [0.2, 0.25) is 0 Å². The van der Waals surface area contributed by atoms with Gasteiger partial charge in [-0.05, 0) is 23.6 Å². The molecule has 1 aliphatic rings. The lowest BCUT2D eigenvalue weighted by atomic mass is 9.94. The zero-order chi connectivity index (χ0) is 16.0. The molecular weight excluding hydrogens is 282 g/mol. The van der Waals surface area contributed by atoms with Gasteiger partial charge >= 0.3 is 0 Å². The highest BCUT2D eigenvalue weighted by Gasteiger charge is 2.30. The van der Waals surface area contributed by atoms with Gasteiger partial charge in [-0.25, -0.2) is 0 Å². The number of benzene rings is 1. The molecule has 1 aromatic carbocycles. The summed E-state index contributed by atoms with van der Waals surface area (Å²) in [6, 6.07) is 7.74. The number of hydrogen-bond donors (Lipinski definition) is 2. The van der Waals surface area contributed by atoms with E-state index in [1.807, 2.05) is 24.3 Å². The molecule has 0 saturated carbocycles. The first kappa shape index (κ1) is 16.8. The third-order valence-electron chi connectivity index (χ3n) is 3.95. The number of rotatable bonds is 6. The number of nitrogens with one attached hydrogen (secondary N) is 1. The molecular formula is C17H25NO4. The highest BCUT2D eigenvalue weighted by atomic mass is 16.5. The van der Waals surface area contributed by atoms with E-state index in [1.165, 1.54) is 5.56 Å². The second-order valence-electron chi connectivity index (χ2n) is 6.13. The predicted molar refractivity (Wildman–Crippen MR) is 84.0 cm³/mol. The summed E-state index contributed by atoms with van der Waals surface area (Å²) >= 11 is 0. The van der Waals surface area contributed by atoms with Crippen LogP contribution in [-0.4, -0.2) is 43.0 Å². The van der Waals surface area contributed by atoms with E-state index in [0.29, 0.717) is 37.7 Å². The van der Waals surface area contributed by atoms with Crippen molar-refractivity contribution in [1.29, 1.82) is 0 Å². The minimum atomic E-state index is -0.854. The molecule has 0 aliphatic carbocycles. The van der Waals surface area contributed by atoms with Crippen LogP contribution < -0.4 is 10.1 Å². The summed E-state index contributed by atoms with van der Waals surface area (Å²) in [5.41, 5.74) is 0.380. The van der Waals surface area contributed by atoms with Gasteiger partial charge in [0.1, 0.15) is 5.75 Å². The van der Waals surface area contributed by atoms with Crippen LogP contribution in [0.4, 0.5) is 0 Å². The number of amides is 1. The number of carbonyl (C=O) groups excluding carboxylic acids is 1. The van der Waals surface area contributed by atoms with Crippen molar-refractivity contribution in [2.75, 3.05) is 26.4 Å². The zero-order valence-electron chi connectivity index (χ0n) is 13.3. The molecule has 5 heteroatoms. The summed E-state index contributed by atoms with van der Waals surface area (Å²) in [5.74, 6) is 0.912. The van der Waals surface area contributed by atoms with E-state index in [2.05, 4.69) is 19.2 Å². The molecule has 2 rings (SSSR count). The summed E-state index contributed by atoms with van der Waals surface area (Å²) in [5, 5.41) is 13.0. The average molecular weight is 307 g/mol. The van der Waals surface area contributed by atoms with Crippen molar-refractivity contribution in [3.63, 3.8) is 0 Å². The molecule has 2 N–H and O–H groups in total. The molecule has 1 aromatic rings. The molecule has 0 unspecified atom stereocenters. The molecule has 0 spiro atoms. The summed E-state index contributed by atoms with van der Waals surface area (Å²) < 4.78 is 10.7. The molecule has 0 radical (unpaired) electrons. The van der Waals surface area contributed by atoms with Crippen LogP contribution >= 0.6 is 0 Å². The largest absolute Gasteiger partial charge is 0.484 e. The van der Waals surface area contributed by atoms with Gasteiger partial charge in [0.15, 0.2) is 6.61 Å². The second kappa shape index (κ2) is 7.61. The molecule has 0 aromatic heterocycles. The van der Waals surface area contributed by atoms with Crippen LogP contribution in [0.15, 0.2) is 24.3 Å². The van der Waals surface area contributed by atoms with E-state index in [0.717, 1.165) is 0 Å². The van der Waals surface area contributed by atoms with Gasteiger partial charge in [-0.3, -0.25) is 4.79 Å². The first-order chi connectivity index (χ1) is 10.5.